The number of nitrogens with zero attached hydrogens (tertiary/aromatic N) is 2. The molecule has 5 nitrogen and oxygen atoms in total. The van der Waals surface area contributed by atoms with Crippen LogP contribution >= 0.6 is 0 Å². The number of amides is 2. The third-order valence-corrected chi connectivity index (χ3v) is 5.84. The topological polar surface area (TPSA) is 62.3 Å². The molecule has 1 saturated heterocycles. The predicted molar refractivity (Wildman–Crippen MR) is 105 cm³/mol. The van der Waals surface area contributed by atoms with Gasteiger partial charge in [-0.1, -0.05) is 12.8 Å². The van der Waals surface area contributed by atoms with E-state index in [1.54, 1.807) is 36.7 Å². The third kappa shape index (κ3) is 3.87. The molecule has 2 aromatic rings. The molecule has 0 bridgehead atoms. The van der Waals surface area contributed by atoms with Gasteiger partial charge in [-0.2, -0.15) is 0 Å². The molecule has 2 fully saturated rings. The molecule has 27 heavy (non-hydrogen) atoms. The van der Waals surface area contributed by atoms with Gasteiger partial charge in [0.2, 0.25) is 0 Å². The van der Waals surface area contributed by atoms with Crippen molar-refractivity contribution < 1.29 is 9.59 Å². The second kappa shape index (κ2) is 7.91. The lowest BCUT2D eigenvalue weighted by molar-refractivity contribution is 0.0390. The Morgan fingerprint density at radius 1 is 0.889 bits per heavy atom. The molecule has 1 aliphatic carbocycles. The molecule has 0 unspecified atom stereocenters. The van der Waals surface area contributed by atoms with Crippen molar-refractivity contribution in [2.45, 2.75) is 44.6 Å². The first-order valence-electron chi connectivity index (χ1n) is 9.85. The summed E-state index contributed by atoms with van der Waals surface area (Å²) in [6.07, 6.45) is 10.5. The van der Waals surface area contributed by atoms with E-state index in [4.69, 9.17) is 0 Å². The van der Waals surface area contributed by atoms with E-state index in [0.717, 1.165) is 19.4 Å². The van der Waals surface area contributed by atoms with Gasteiger partial charge in [-0.3, -0.25) is 14.6 Å². The van der Waals surface area contributed by atoms with E-state index in [9.17, 15) is 9.59 Å². The average Bonchev–Trinajstić information content (AvgIpc) is 2.74. The molecule has 140 valence electrons. The minimum atomic E-state index is -0.183. The fourth-order valence-electron chi connectivity index (χ4n) is 4.45. The molecular weight excluding hydrogens is 338 g/mol. The lowest BCUT2D eigenvalue weighted by atomic mass is 9.78. The van der Waals surface area contributed by atoms with Crippen molar-refractivity contribution in [2.75, 3.05) is 11.9 Å². The summed E-state index contributed by atoms with van der Waals surface area (Å²) in [6.45, 7) is 0.862. The Morgan fingerprint density at radius 2 is 1.59 bits per heavy atom. The van der Waals surface area contributed by atoms with Gasteiger partial charge >= 0.3 is 0 Å². The molecule has 2 aliphatic rings. The van der Waals surface area contributed by atoms with Crippen LogP contribution in [0.15, 0.2) is 48.8 Å². The lowest BCUT2D eigenvalue weighted by Crippen LogP contribution is -2.49. The first-order valence-corrected chi connectivity index (χ1v) is 9.85. The molecule has 0 spiro atoms. The number of nitrogens with one attached hydrogen (secondary N) is 1. The van der Waals surface area contributed by atoms with Crippen LogP contribution in [0, 0.1) is 5.92 Å². The number of piperidine rings is 1. The number of carbonyl (C=O) groups is 2. The van der Waals surface area contributed by atoms with E-state index in [-0.39, 0.29) is 11.8 Å². The van der Waals surface area contributed by atoms with Gasteiger partial charge in [0.1, 0.15) is 0 Å². The van der Waals surface area contributed by atoms with Crippen molar-refractivity contribution >= 4 is 17.5 Å². The Balaban J connectivity index is 1.44. The second-order valence-corrected chi connectivity index (χ2v) is 7.52. The molecule has 5 heteroatoms. The largest absolute Gasteiger partial charge is 0.335 e. The van der Waals surface area contributed by atoms with Gasteiger partial charge in [-0.05, 0) is 68.0 Å². The Hall–Kier alpha value is -2.69. The zero-order valence-corrected chi connectivity index (χ0v) is 15.4. The van der Waals surface area contributed by atoms with Crippen molar-refractivity contribution in [3.05, 3.63) is 59.9 Å². The highest BCUT2D eigenvalue weighted by molar-refractivity contribution is 6.04. The number of carbonyl (C=O) groups excluding carboxylic acids is 2. The maximum Gasteiger partial charge on any atom is 0.255 e. The van der Waals surface area contributed by atoms with Crippen molar-refractivity contribution in [2.24, 2.45) is 5.92 Å². The summed E-state index contributed by atoms with van der Waals surface area (Å²) >= 11 is 0. The van der Waals surface area contributed by atoms with Gasteiger partial charge in [0.05, 0.1) is 0 Å². The number of rotatable bonds is 3. The maximum atomic E-state index is 13.0. The highest BCUT2D eigenvalue weighted by atomic mass is 16.2. The van der Waals surface area contributed by atoms with Gasteiger partial charge in [-0.15, -0.1) is 0 Å². The predicted octanol–water partition coefficient (Wildman–Crippen LogP) is 4.13. The Kier molecular flexibility index (Phi) is 5.19. The number of aromatic nitrogens is 1. The van der Waals surface area contributed by atoms with Crippen LogP contribution in [0.5, 0.6) is 0 Å². The van der Waals surface area contributed by atoms with Crippen molar-refractivity contribution in [1.82, 2.24) is 9.88 Å². The molecular formula is C22H25N3O2. The van der Waals surface area contributed by atoms with E-state index in [0.29, 0.717) is 28.8 Å². The zero-order valence-electron chi connectivity index (χ0n) is 15.4. The van der Waals surface area contributed by atoms with Crippen LogP contribution < -0.4 is 5.32 Å². The van der Waals surface area contributed by atoms with Crippen molar-refractivity contribution in [3.63, 3.8) is 0 Å². The lowest BCUT2D eigenvalue weighted by Gasteiger charge is -2.44. The fourth-order valence-corrected chi connectivity index (χ4v) is 4.45. The Morgan fingerprint density at radius 3 is 2.37 bits per heavy atom. The quantitative estimate of drug-likeness (QED) is 0.892. The molecule has 1 aromatic carbocycles. The van der Waals surface area contributed by atoms with Crippen LogP contribution in [0.3, 0.4) is 0 Å². The molecule has 1 saturated carbocycles. The first kappa shape index (κ1) is 17.7. The van der Waals surface area contributed by atoms with Crippen LogP contribution in [-0.2, 0) is 0 Å². The number of hydrogen-bond acceptors (Lipinski definition) is 3. The standard InChI is InChI=1S/C22H25N3O2/c26-21(17-11-13-23-14-12-17)24-19-9-7-18(8-10-19)22(27)25-15-3-5-16-4-1-2-6-20(16)25/h7-14,16,20H,1-6,15H2,(H,24,26)/t16-,20+/m1/s1. The SMILES string of the molecule is O=C(Nc1ccc(C(=O)N2CCC[C@H]3CCCC[C@@H]32)cc1)c1ccncc1. The molecule has 2 amide bonds. The number of fused-ring (bicyclic) bond motifs is 1. The van der Waals surface area contributed by atoms with Crippen LogP contribution in [0.2, 0.25) is 0 Å². The van der Waals surface area contributed by atoms with Gasteiger partial charge in [-0.25, -0.2) is 0 Å². The molecule has 2 atom stereocenters. The number of pyridine rings is 1. The highest BCUT2D eigenvalue weighted by Gasteiger charge is 2.35. The Bertz CT molecular complexity index is 802. The van der Waals surface area contributed by atoms with Crippen LogP contribution in [0.25, 0.3) is 0 Å². The summed E-state index contributed by atoms with van der Waals surface area (Å²) in [4.78, 5) is 31.3. The molecule has 2 heterocycles. The first-order chi connectivity index (χ1) is 13.2. The van der Waals surface area contributed by atoms with Crippen LogP contribution in [0.1, 0.15) is 59.2 Å². The molecule has 1 aliphatic heterocycles. The fraction of sp³-hybridized carbons (Fsp3) is 0.409. The van der Waals surface area contributed by atoms with E-state index in [1.807, 2.05) is 12.1 Å². The minimum absolute atomic E-state index is 0.124. The normalized spacial score (nSPS) is 22.0. The van der Waals surface area contributed by atoms with Gasteiger partial charge in [0, 0.05) is 41.8 Å². The maximum absolute atomic E-state index is 13.0. The van der Waals surface area contributed by atoms with Crippen molar-refractivity contribution in [3.8, 4) is 0 Å². The summed E-state index contributed by atoms with van der Waals surface area (Å²) in [7, 11) is 0. The van der Waals surface area contributed by atoms with E-state index in [2.05, 4.69) is 15.2 Å². The van der Waals surface area contributed by atoms with E-state index >= 15 is 0 Å². The van der Waals surface area contributed by atoms with Gasteiger partial charge < -0.3 is 10.2 Å². The van der Waals surface area contributed by atoms with E-state index in [1.165, 1.54) is 25.7 Å². The highest BCUT2D eigenvalue weighted by Crippen LogP contribution is 2.36. The minimum Gasteiger partial charge on any atom is -0.335 e. The third-order valence-electron chi connectivity index (χ3n) is 5.84. The van der Waals surface area contributed by atoms with Gasteiger partial charge in [0.25, 0.3) is 11.8 Å². The molecule has 4 rings (SSSR count). The number of hydrogen-bond donors (Lipinski definition) is 1. The summed E-state index contributed by atoms with van der Waals surface area (Å²) in [5.74, 6) is 0.617. The van der Waals surface area contributed by atoms with E-state index < -0.39 is 0 Å². The van der Waals surface area contributed by atoms with Crippen molar-refractivity contribution in [1.29, 1.82) is 0 Å². The summed E-state index contributed by atoms with van der Waals surface area (Å²) in [5, 5.41) is 2.86. The average molecular weight is 363 g/mol. The monoisotopic (exact) mass is 363 g/mol. The molecule has 0 radical (unpaired) electrons. The van der Waals surface area contributed by atoms with Gasteiger partial charge in [0.15, 0.2) is 0 Å². The Labute approximate surface area is 159 Å². The zero-order chi connectivity index (χ0) is 18.6. The second-order valence-electron chi connectivity index (χ2n) is 7.52. The number of benzene rings is 1. The number of anilines is 1. The smallest absolute Gasteiger partial charge is 0.255 e. The number of likely N-dealkylation sites (tertiary alicyclic amines) is 1. The summed E-state index contributed by atoms with van der Waals surface area (Å²) in [5.41, 5.74) is 1.94. The van der Waals surface area contributed by atoms with Crippen LogP contribution in [0.4, 0.5) is 5.69 Å². The van der Waals surface area contributed by atoms with Crippen LogP contribution in [-0.4, -0.2) is 34.3 Å². The molecule has 1 N–H and O–H groups in total. The summed E-state index contributed by atoms with van der Waals surface area (Å²) < 4.78 is 0. The summed E-state index contributed by atoms with van der Waals surface area (Å²) in [6, 6.07) is 11.0. The molecule has 1 aromatic heterocycles.